The number of rotatable bonds is 7. The molecule has 1 aliphatic carbocycles. The Morgan fingerprint density at radius 2 is 1.81 bits per heavy atom. The number of nitrogens with zero attached hydrogens (tertiary/aromatic N) is 5. The summed E-state index contributed by atoms with van der Waals surface area (Å²) in [7, 11) is 0. The number of thioether (sulfide) groups is 1. The Morgan fingerprint density at radius 1 is 1.06 bits per heavy atom. The lowest BCUT2D eigenvalue weighted by atomic mass is 10.1. The molecule has 0 radical (unpaired) electrons. The summed E-state index contributed by atoms with van der Waals surface area (Å²) in [5, 5.41) is 7.07. The Kier molecular flexibility index (Phi) is 8.13. The highest BCUT2D eigenvalue weighted by atomic mass is 32.2. The summed E-state index contributed by atoms with van der Waals surface area (Å²) in [5.41, 5.74) is 3.29. The average molecular weight is 530 g/mol. The zero-order valence-electron chi connectivity index (χ0n) is 20.3. The van der Waals surface area contributed by atoms with Crippen LogP contribution in [0.2, 0.25) is 0 Å². The summed E-state index contributed by atoms with van der Waals surface area (Å²) in [5.74, 6) is 1.69. The van der Waals surface area contributed by atoms with Gasteiger partial charge in [0.15, 0.2) is 5.82 Å². The van der Waals surface area contributed by atoms with Crippen molar-refractivity contribution >= 4 is 39.3 Å². The van der Waals surface area contributed by atoms with Crippen LogP contribution in [0.3, 0.4) is 0 Å². The first-order chi connectivity index (χ1) is 16.6. The van der Waals surface area contributed by atoms with Crippen molar-refractivity contribution in [3.8, 4) is 17.0 Å². The molecule has 1 aromatic carbocycles. The van der Waals surface area contributed by atoms with Gasteiger partial charge in [0.05, 0.1) is 5.52 Å². The summed E-state index contributed by atoms with van der Waals surface area (Å²) in [4.78, 5) is 17.1. The maximum absolute atomic E-state index is 6.38. The van der Waals surface area contributed by atoms with Gasteiger partial charge in [-0.15, -0.1) is 23.1 Å². The van der Waals surface area contributed by atoms with Gasteiger partial charge in [-0.25, -0.2) is 9.97 Å². The first kappa shape index (κ1) is 26.3. The van der Waals surface area contributed by atoms with Gasteiger partial charge in [-0.1, -0.05) is 31.1 Å². The van der Waals surface area contributed by atoms with Gasteiger partial charge in [-0.2, -0.15) is 4.98 Å². The molecule has 0 unspecified atom stereocenters. The Bertz CT molecular complexity index is 1280. The highest BCUT2D eigenvalue weighted by molar-refractivity contribution is 8.00. The van der Waals surface area contributed by atoms with E-state index < -0.39 is 0 Å². The van der Waals surface area contributed by atoms with Gasteiger partial charge >= 0.3 is 6.01 Å². The molecule has 2 fully saturated rings. The van der Waals surface area contributed by atoms with E-state index in [4.69, 9.17) is 9.26 Å². The molecule has 0 amide bonds. The molecule has 1 saturated carbocycles. The molecule has 9 nitrogen and oxygen atoms in total. The number of hydrogen-bond acceptors (Lipinski definition) is 9. The van der Waals surface area contributed by atoms with Crippen molar-refractivity contribution < 1.29 is 20.2 Å². The zero-order chi connectivity index (χ0) is 23.1. The summed E-state index contributed by atoms with van der Waals surface area (Å²) in [6, 6.07) is 9.46. The predicted molar refractivity (Wildman–Crippen MR) is 143 cm³/mol. The lowest BCUT2D eigenvalue weighted by molar-refractivity contribution is 0.164. The number of thiophene rings is 1. The van der Waals surface area contributed by atoms with Gasteiger partial charge in [0.2, 0.25) is 5.88 Å². The van der Waals surface area contributed by atoms with Crippen LogP contribution >= 0.6 is 23.1 Å². The van der Waals surface area contributed by atoms with E-state index in [1.54, 1.807) is 17.7 Å². The van der Waals surface area contributed by atoms with Crippen molar-refractivity contribution in [2.75, 3.05) is 18.0 Å². The van der Waals surface area contributed by atoms with Crippen molar-refractivity contribution in [3.63, 3.8) is 0 Å². The third-order valence-electron chi connectivity index (χ3n) is 6.25. The molecule has 11 heteroatoms. The SMILES string of the molecule is CC(C)c1noc(N2CCC(Oc3ncnc4c(-c5ccc(SC6CC6)cc5)csc34)CC2)n1.O.O. The monoisotopic (exact) mass is 529 g/mol. The fourth-order valence-electron chi connectivity index (χ4n) is 4.12. The van der Waals surface area contributed by atoms with Crippen molar-refractivity contribution in [3.05, 3.63) is 41.8 Å². The minimum atomic E-state index is 0. The largest absolute Gasteiger partial charge is 0.473 e. The van der Waals surface area contributed by atoms with Crippen molar-refractivity contribution in [1.29, 1.82) is 0 Å². The second-order valence-electron chi connectivity index (χ2n) is 9.24. The third kappa shape index (κ3) is 5.49. The second kappa shape index (κ2) is 11.1. The second-order valence-corrected chi connectivity index (χ2v) is 11.5. The lowest BCUT2D eigenvalue weighted by Gasteiger charge is -2.30. The minimum absolute atomic E-state index is 0. The van der Waals surface area contributed by atoms with Crippen LogP contribution in [0.4, 0.5) is 6.01 Å². The van der Waals surface area contributed by atoms with Gasteiger partial charge in [-0.05, 0) is 30.5 Å². The molecule has 2 aliphatic rings. The van der Waals surface area contributed by atoms with Crippen LogP contribution in [0, 0.1) is 0 Å². The molecule has 1 aliphatic heterocycles. The van der Waals surface area contributed by atoms with E-state index in [1.165, 1.54) is 23.3 Å². The van der Waals surface area contributed by atoms with Crippen LogP contribution in [0.5, 0.6) is 5.88 Å². The maximum atomic E-state index is 6.38. The molecule has 4 aromatic rings. The maximum Gasteiger partial charge on any atom is 0.324 e. The Balaban J connectivity index is 0.00000152. The fraction of sp³-hybridized carbons (Fsp3) is 0.440. The van der Waals surface area contributed by atoms with Gasteiger partial charge < -0.3 is 25.1 Å². The normalized spacial score (nSPS) is 16.1. The number of aromatic nitrogens is 4. The van der Waals surface area contributed by atoms with Crippen molar-refractivity contribution in [2.24, 2.45) is 0 Å². The number of fused-ring (bicyclic) bond motifs is 1. The molecule has 36 heavy (non-hydrogen) atoms. The number of benzene rings is 1. The molecule has 4 N–H and O–H groups in total. The minimum Gasteiger partial charge on any atom is -0.473 e. The van der Waals surface area contributed by atoms with E-state index in [-0.39, 0.29) is 23.0 Å². The molecule has 0 bridgehead atoms. The smallest absolute Gasteiger partial charge is 0.324 e. The van der Waals surface area contributed by atoms with Crippen LogP contribution in [0.1, 0.15) is 51.3 Å². The molecular weight excluding hydrogens is 498 g/mol. The first-order valence-corrected chi connectivity index (χ1v) is 13.6. The predicted octanol–water partition coefficient (Wildman–Crippen LogP) is 4.52. The highest BCUT2D eigenvalue weighted by Crippen LogP contribution is 2.41. The molecule has 1 saturated heterocycles. The molecule has 6 rings (SSSR count). The van der Waals surface area contributed by atoms with E-state index in [0.29, 0.717) is 11.9 Å². The number of ether oxygens (including phenoxy) is 1. The van der Waals surface area contributed by atoms with Crippen LogP contribution in [0.25, 0.3) is 21.3 Å². The topological polar surface area (TPSA) is 140 Å². The standard InChI is InChI=1S/C25H27N5O2S2.2H2O/c1-15(2)23-28-25(32-29-23)30-11-9-17(10-12-30)31-24-22-21(26-14-27-24)20(13-33-22)16-3-5-18(6-4-16)34-19-7-8-19;;/h3-6,13-15,17,19H,7-12H2,1-2H3;2*1H2. The molecule has 192 valence electrons. The van der Waals surface area contributed by atoms with Gasteiger partial charge in [0.1, 0.15) is 17.1 Å². The van der Waals surface area contributed by atoms with Gasteiger partial charge in [-0.3, -0.25) is 0 Å². The zero-order valence-corrected chi connectivity index (χ0v) is 21.9. The Labute approximate surface area is 217 Å². The molecule has 4 heterocycles. The van der Waals surface area contributed by atoms with E-state index in [0.717, 1.165) is 52.8 Å². The summed E-state index contributed by atoms with van der Waals surface area (Å²) < 4.78 is 12.8. The van der Waals surface area contributed by atoms with Gasteiger partial charge in [0.25, 0.3) is 0 Å². The van der Waals surface area contributed by atoms with Crippen LogP contribution in [-0.4, -0.2) is 55.5 Å². The summed E-state index contributed by atoms with van der Waals surface area (Å²) in [6.45, 7) is 5.77. The molecule has 0 spiro atoms. The number of anilines is 1. The lowest BCUT2D eigenvalue weighted by Crippen LogP contribution is -2.38. The van der Waals surface area contributed by atoms with Crippen LogP contribution in [-0.2, 0) is 0 Å². The fourth-order valence-corrected chi connectivity index (χ4v) is 6.13. The van der Waals surface area contributed by atoms with Crippen LogP contribution in [0.15, 0.2) is 45.4 Å². The van der Waals surface area contributed by atoms with Gasteiger partial charge in [0, 0.05) is 52.9 Å². The number of hydrogen-bond donors (Lipinski definition) is 0. The molecule has 3 aromatic heterocycles. The van der Waals surface area contributed by atoms with E-state index in [9.17, 15) is 0 Å². The molecule has 0 atom stereocenters. The quantitative estimate of drug-likeness (QED) is 0.340. The highest BCUT2D eigenvalue weighted by Gasteiger charge is 2.26. The Hall–Kier alpha value is -2.73. The third-order valence-corrected chi connectivity index (χ3v) is 8.56. The van der Waals surface area contributed by atoms with Crippen molar-refractivity contribution in [2.45, 2.75) is 61.7 Å². The first-order valence-electron chi connectivity index (χ1n) is 11.9. The number of piperidine rings is 1. The van der Waals surface area contributed by atoms with Crippen molar-refractivity contribution in [1.82, 2.24) is 20.1 Å². The van der Waals surface area contributed by atoms with Crippen LogP contribution < -0.4 is 9.64 Å². The Morgan fingerprint density at radius 3 is 2.47 bits per heavy atom. The summed E-state index contributed by atoms with van der Waals surface area (Å²) in [6.07, 6.45) is 6.16. The van der Waals surface area contributed by atoms with E-state index in [1.807, 2.05) is 11.8 Å². The molecular formula is C25H31N5O4S2. The van der Waals surface area contributed by atoms with E-state index >= 15 is 0 Å². The summed E-state index contributed by atoms with van der Waals surface area (Å²) >= 11 is 3.63. The average Bonchev–Trinajstić information content (AvgIpc) is 3.34. The van der Waals surface area contributed by atoms with E-state index in [2.05, 4.69) is 68.5 Å².